The lowest BCUT2D eigenvalue weighted by molar-refractivity contribution is 0.433. The van der Waals surface area contributed by atoms with Crippen LogP contribution in [0.3, 0.4) is 0 Å². The van der Waals surface area contributed by atoms with E-state index in [1.807, 2.05) is 25.1 Å². The zero-order chi connectivity index (χ0) is 14.2. The van der Waals surface area contributed by atoms with Crippen molar-refractivity contribution in [2.75, 3.05) is 0 Å². The minimum atomic E-state index is 0.483. The summed E-state index contributed by atoms with van der Waals surface area (Å²) < 4.78 is 5.41. The van der Waals surface area contributed by atoms with Crippen LogP contribution in [0.15, 0.2) is 46.7 Å². The molecule has 0 aliphatic heterocycles. The Balaban J connectivity index is 1.85. The van der Waals surface area contributed by atoms with Gasteiger partial charge in [-0.05, 0) is 36.1 Å². The summed E-state index contributed by atoms with van der Waals surface area (Å²) in [6, 6.07) is 5.77. The van der Waals surface area contributed by atoms with Crippen LogP contribution in [-0.4, -0.2) is 20.1 Å². The summed E-state index contributed by atoms with van der Waals surface area (Å²) in [5, 5.41) is 7.03. The van der Waals surface area contributed by atoms with Crippen molar-refractivity contribution in [1.82, 2.24) is 20.1 Å². The number of thiophene rings is 1. The summed E-state index contributed by atoms with van der Waals surface area (Å²) in [5.74, 6) is 1.09. The smallest absolute Gasteiger partial charge is 0.259 e. The molecule has 4 heterocycles. The minimum absolute atomic E-state index is 0.483. The van der Waals surface area contributed by atoms with Gasteiger partial charge in [-0.1, -0.05) is 5.16 Å². The monoisotopic (exact) mass is 294 g/mol. The predicted molar refractivity (Wildman–Crippen MR) is 80.9 cm³/mol. The van der Waals surface area contributed by atoms with Gasteiger partial charge >= 0.3 is 0 Å². The topological polar surface area (TPSA) is 64.7 Å². The van der Waals surface area contributed by atoms with Gasteiger partial charge in [0.2, 0.25) is 5.82 Å². The fraction of sp³-hybridized carbons (Fsp3) is 0.0667. The Hall–Kier alpha value is -2.60. The number of aromatic nitrogens is 4. The van der Waals surface area contributed by atoms with Crippen LogP contribution in [0.1, 0.15) is 5.56 Å². The first-order chi connectivity index (χ1) is 10.3. The van der Waals surface area contributed by atoms with Gasteiger partial charge in [0.1, 0.15) is 0 Å². The number of pyridine rings is 2. The van der Waals surface area contributed by atoms with Crippen LogP contribution in [0.25, 0.3) is 33.1 Å². The molecule has 0 radical (unpaired) electrons. The van der Waals surface area contributed by atoms with Gasteiger partial charge < -0.3 is 4.52 Å². The first kappa shape index (κ1) is 12.2. The minimum Gasteiger partial charge on any atom is -0.334 e. The maximum atomic E-state index is 5.41. The van der Waals surface area contributed by atoms with Crippen molar-refractivity contribution in [2.45, 2.75) is 6.92 Å². The van der Waals surface area contributed by atoms with E-state index in [0.29, 0.717) is 11.7 Å². The highest BCUT2D eigenvalue weighted by Crippen LogP contribution is 2.29. The van der Waals surface area contributed by atoms with Gasteiger partial charge in [0.05, 0.1) is 16.0 Å². The zero-order valence-electron chi connectivity index (χ0n) is 11.1. The lowest BCUT2D eigenvalue weighted by Crippen LogP contribution is -1.85. The van der Waals surface area contributed by atoms with E-state index >= 15 is 0 Å². The van der Waals surface area contributed by atoms with Crippen LogP contribution >= 0.6 is 11.3 Å². The Morgan fingerprint density at radius 3 is 3.00 bits per heavy atom. The number of rotatable bonds is 2. The van der Waals surface area contributed by atoms with E-state index in [0.717, 1.165) is 21.3 Å². The first-order valence-electron chi connectivity index (χ1n) is 6.39. The summed E-state index contributed by atoms with van der Waals surface area (Å²) in [6.45, 7) is 2.04. The third-order valence-electron chi connectivity index (χ3n) is 3.15. The molecule has 4 aromatic heterocycles. The van der Waals surface area contributed by atoms with Crippen molar-refractivity contribution in [3.63, 3.8) is 0 Å². The first-order valence-corrected chi connectivity index (χ1v) is 7.27. The average Bonchev–Trinajstić information content (AvgIpc) is 3.15. The second-order valence-corrected chi connectivity index (χ2v) is 5.57. The number of aryl methyl sites for hydroxylation is 1. The molecule has 0 amide bonds. The second-order valence-electron chi connectivity index (χ2n) is 4.66. The van der Waals surface area contributed by atoms with E-state index < -0.39 is 0 Å². The molecule has 0 spiro atoms. The van der Waals surface area contributed by atoms with Crippen molar-refractivity contribution < 1.29 is 4.52 Å². The van der Waals surface area contributed by atoms with Crippen LogP contribution in [0.5, 0.6) is 0 Å². The molecule has 4 aromatic rings. The van der Waals surface area contributed by atoms with Crippen molar-refractivity contribution in [2.24, 2.45) is 0 Å². The highest BCUT2D eigenvalue weighted by molar-refractivity contribution is 7.13. The molecular formula is C15H10N4OS. The molecule has 5 nitrogen and oxygen atoms in total. The number of hydrogen-bond acceptors (Lipinski definition) is 6. The summed E-state index contributed by atoms with van der Waals surface area (Å²) in [7, 11) is 0. The molecule has 0 unspecified atom stereocenters. The van der Waals surface area contributed by atoms with E-state index in [1.165, 1.54) is 5.56 Å². The van der Waals surface area contributed by atoms with Gasteiger partial charge in [-0.15, -0.1) is 11.3 Å². The largest absolute Gasteiger partial charge is 0.334 e. The summed E-state index contributed by atoms with van der Waals surface area (Å²) >= 11 is 1.61. The maximum Gasteiger partial charge on any atom is 0.259 e. The maximum absolute atomic E-state index is 5.41. The second kappa shape index (κ2) is 4.75. The van der Waals surface area contributed by atoms with E-state index in [1.54, 1.807) is 29.9 Å². The molecule has 6 heteroatoms. The third kappa shape index (κ3) is 2.09. The third-order valence-corrected chi connectivity index (χ3v) is 4.19. The molecule has 21 heavy (non-hydrogen) atoms. The fourth-order valence-electron chi connectivity index (χ4n) is 2.16. The van der Waals surface area contributed by atoms with Crippen LogP contribution in [-0.2, 0) is 0 Å². The highest BCUT2D eigenvalue weighted by Gasteiger charge is 2.14. The van der Waals surface area contributed by atoms with E-state index in [9.17, 15) is 0 Å². The van der Waals surface area contributed by atoms with Gasteiger partial charge in [0.25, 0.3) is 5.89 Å². The van der Waals surface area contributed by atoms with Crippen molar-refractivity contribution in [3.05, 3.63) is 47.7 Å². The molecule has 102 valence electrons. The number of fused-ring (bicyclic) bond motifs is 1. The number of hydrogen-bond donors (Lipinski definition) is 0. The Morgan fingerprint density at radius 1 is 1.19 bits per heavy atom. The molecule has 0 bridgehead atoms. The zero-order valence-corrected chi connectivity index (χ0v) is 12.0. The lowest BCUT2D eigenvalue weighted by atomic mass is 10.1. The SMILES string of the molecule is Cc1csc(-c2noc(-c3ccnc4ccncc34)n2)c1. The van der Waals surface area contributed by atoms with E-state index in [2.05, 4.69) is 25.5 Å². The quantitative estimate of drug-likeness (QED) is 0.564. The molecule has 0 aliphatic rings. The normalized spacial score (nSPS) is 11.1. The Kier molecular flexibility index (Phi) is 2.75. The van der Waals surface area contributed by atoms with Crippen molar-refractivity contribution in [1.29, 1.82) is 0 Å². The summed E-state index contributed by atoms with van der Waals surface area (Å²) in [5.41, 5.74) is 2.90. The van der Waals surface area contributed by atoms with Crippen LogP contribution in [0, 0.1) is 6.92 Å². The molecule has 0 aliphatic carbocycles. The molecule has 0 saturated heterocycles. The standard InChI is InChI=1S/C15H10N4OS/c1-9-6-13(21-8-9)14-18-15(20-19-14)10-2-5-17-12-3-4-16-7-11(10)12/h2-8H,1H3. The van der Waals surface area contributed by atoms with Crippen LogP contribution in [0.4, 0.5) is 0 Å². The summed E-state index contributed by atoms with van der Waals surface area (Å²) in [4.78, 5) is 13.9. The summed E-state index contributed by atoms with van der Waals surface area (Å²) in [6.07, 6.45) is 5.21. The van der Waals surface area contributed by atoms with Gasteiger partial charge in [0.15, 0.2) is 0 Å². The average molecular weight is 294 g/mol. The highest BCUT2D eigenvalue weighted by atomic mass is 32.1. The Labute approximate surface area is 124 Å². The molecule has 0 fully saturated rings. The molecular weight excluding hydrogens is 284 g/mol. The van der Waals surface area contributed by atoms with E-state index in [-0.39, 0.29) is 0 Å². The molecule has 0 atom stereocenters. The molecule has 0 saturated carbocycles. The van der Waals surface area contributed by atoms with Crippen molar-refractivity contribution in [3.8, 4) is 22.2 Å². The fourth-order valence-corrected chi connectivity index (χ4v) is 2.98. The van der Waals surface area contributed by atoms with Crippen molar-refractivity contribution >= 4 is 22.2 Å². The van der Waals surface area contributed by atoms with Gasteiger partial charge in [0, 0.05) is 24.0 Å². The van der Waals surface area contributed by atoms with E-state index in [4.69, 9.17) is 4.52 Å². The van der Waals surface area contributed by atoms with Gasteiger partial charge in [-0.25, -0.2) is 0 Å². The Bertz CT molecular complexity index is 923. The van der Waals surface area contributed by atoms with Gasteiger partial charge in [-0.2, -0.15) is 4.98 Å². The van der Waals surface area contributed by atoms with Crippen LogP contribution < -0.4 is 0 Å². The Morgan fingerprint density at radius 2 is 2.14 bits per heavy atom. The van der Waals surface area contributed by atoms with Crippen LogP contribution in [0.2, 0.25) is 0 Å². The molecule has 0 N–H and O–H groups in total. The predicted octanol–water partition coefficient (Wildman–Crippen LogP) is 3.72. The molecule has 0 aromatic carbocycles. The molecule has 4 rings (SSSR count). The lowest BCUT2D eigenvalue weighted by Gasteiger charge is -1.99. The van der Waals surface area contributed by atoms with Gasteiger partial charge in [-0.3, -0.25) is 9.97 Å². The number of nitrogens with zero attached hydrogens (tertiary/aromatic N) is 4.